The number of ether oxygens (including phenoxy) is 1. The van der Waals surface area contributed by atoms with Crippen LogP contribution in [-0.2, 0) is 16.1 Å². The Hall–Kier alpha value is -3.91. The topological polar surface area (TPSA) is 93.0 Å². The van der Waals surface area contributed by atoms with E-state index in [2.05, 4.69) is 33.7 Å². The summed E-state index contributed by atoms with van der Waals surface area (Å²) in [4.78, 5) is 24.5. The van der Waals surface area contributed by atoms with E-state index in [0.29, 0.717) is 47.6 Å². The number of nitriles is 1. The summed E-state index contributed by atoms with van der Waals surface area (Å²) in [6.07, 6.45) is 0. The first kappa shape index (κ1) is 27.6. The van der Waals surface area contributed by atoms with Crippen LogP contribution < -0.4 is 15.5 Å². The molecule has 0 saturated carbocycles. The number of carbonyl (C=O) groups excluding carboxylic acids is 1. The molecule has 0 aliphatic carbocycles. The number of methoxy groups -OCH3 is 1. The van der Waals surface area contributed by atoms with Crippen LogP contribution in [0.5, 0.6) is 0 Å². The average molecular weight is 571 g/mol. The van der Waals surface area contributed by atoms with Gasteiger partial charge in [0.15, 0.2) is 5.17 Å². The molecule has 0 unspecified atom stereocenters. The first-order chi connectivity index (χ1) is 19.5. The van der Waals surface area contributed by atoms with E-state index < -0.39 is 0 Å². The van der Waals surface area contributed by atoms with Gasteiger partial charge < -0.3 is 20.3 Å². The van der Waals surface area contributed by atoms with E-state index >= 15 is 0 Å². The fraction of sp³-hybridized carbons (Fsp3) is 0.233. The maximum atomic E-state index is 14.0. The number of thioether (sulfide) groups is 2. The summed E-state index contributed by atoms with van der Waals surface area (Å²) in [7, 11) is 3.67. The number of hydrogen-bond acceptors (Lipinski definition) is 9. The van der Waals surface area contributed by atoms with Gasteiger partial charge >= 0.3 is 0 Å². The Balaban J connectivity index is 1.53. The summed E-state index contributed by atoms with van der Waals surface area (Å²) in [6.45, 7) is 4.45. The molecule has 2 N–H and O–H groups in total. The fourth-order valence-corrected chi connectivity index (χ4v) is 6.80. The molecule has 0 aromatic heterocycles. The lowest BCUT2D eigenvalue weighted by atomic mass is 10.2. The molecule has 1 amide bonds. The highest BCUT2D eigenvalue weighted by molar-refractivity contribution is 8.19. The molecular weight excluding hydrogens is 541 g/mol. The van der Waals surface area contributed by atoms with Crippen molar-refractivity contribution in [1.82, 2.24) is 4.90 Å². The predicted molar refractivity (Wildman–Crippen MR) is 165 cm³/mol. The molecule has 204 valence electrons. The molecular formula is C30H30N6O2S2. The van der Waals surface area contributed by atoms with Crippen molar-refractivity contribution in [3.05, 3.63) is 87.8 Å². The van der Waals surface area contributed by atoms with Crippen molar-refractivity contribution in [3.8, 4) is 6.07 Å². The van der Waals surface area contributed by atoms with E-state index in [1.165, 1.54) is 11.8 Å². The predicted octanol–water partition coefficient (Wildman–Crippen LogP) is 6.22. The molecule has 3 aromatic carbocycles. The third-order valence-corrected chi connectivity index (χ3v) is 8.83. The van der Waals surface area contributed by atoms with Gasteiger partial charge in [-0.15, -0.1) is 0 Å². The molecule has 0 radical (unpaired) electrons. The molecule has 40 heavy (non-hydrogen) atoms. The second-order valence-electron chi connectivity index (χ2n) is 9.14. The van der Waals surface area contributed by atoms with E-state index in [0.717, 1.165) is 32.6 Å². The SMILES string of the molecule is CCNc1ccc(C#N)cc1N=C1SC(=C2Sc3cc(NCCOC)ccc3N2C)C(=O)N1Cc1ccccc1. The van der Waals surface area contributed by atoms with Crippen LogP contribution in [0.3, 0.4) is 0 Å². The zero-order valence-electron chi connectivity index (χ0n) is 22.6. The highest BCUT2D eigenvalue weighted by Gasteiger charge is 2.39. The van der Waals surface area contributed by atoms with Crippen molar-refractivity contribution in [2.24, 2.45) is 4.99 Å². The second-order valence-corrected chi connectivity index (χ2v) is 11.2. The number of carbonyl (C=O) groups is 1. The van der Waals surface area contributed by atoms with Crippen LogP contribution in [0.25, 0.3) is 0 Å². The molecule has 2 aliphatic rings. The van der Waals surface area contributed by atoms with Gasteiger partial charge in [0.1, 0.15) is 4.91 Å². The third-order valence-electron chi connectivity index (χ3n) is 6.42. The lowest BCUT2D eigenvalue weighted by Gasteiger charge is -2.17. The molecule has 1 saturated heterocycles. The third kappa shape index (κ3) is 5.82. The summed E-state index contributed by atoms with van der Waals surface area (Å²) < 4.78 is 5.15. The zero-order valence-corrected chi connectivity index (χ0v) is 24.2. The highest BCUT2D eigenvalue weighted by Crippen LogP contribution is 2.51. The number of nitrogens with one attached hydrogen (secondary N) is 2. The first-order valence-corrected chi connectivity index (χ1v) is 14.6. The normalized spacial score (nSPS) is 17.4. The van der Waals surface area contributed by atoms with Crippen molar-refractivity contribution in [2.45, 2.75) is 18.4 Å². The van der Waals surface area contributed by atoms with Gasteiger partial charge in [-0.25, -0.2) is 4.99 Å². The Bertz CT molecular complexity index is 1520. The smallest absolute Gasteiger partial charge is 0.269 e. The first-order valence-electron chi connectivity index (χ1n) is 13.0. The number of fused-ring (bicyclic) bond motifs is 1. The van der Waals surface area contributed by atoms with E-state index in [1.807, 2.05) is 56.4 Å². The molecule has 8 nitrogen and oxygen atoms in total. The summed E-state index contributed by atoms with van der Waals surface area (Å²) >= 11 is 2.96. The second kappa shape index (κ2) is 12.5. The van der Waals surface area contributed by atoms with Gasteiger partial charge in [-0.05, 0) is 60.6 Å². The molecule has 3 aromatic rings. The van der Waals surface area contributed by atoms with Crippen LogP contribution in [0.15, 0.2) is 86.6 Å². The monoisotopic (exact) mass is 570 g/mol. The lowest BCUT2D eigenvalue weighted by Crippen LogP contribution is -2.29. The molecule has 5 rings (SSSR count). The van der Waals surface area contributed by atoms with Crippen molar-refractivity contribution in [2.75, 3.05) is 49.4 Å². The Morgan fingerprint density at radius 1 is 1.05 bits per heavy atom. The lowest BCUT2D eigenvalue weighted by molar-refractivity contribution is -0.122. The van der Waals surface area contributed by atoms with Gasteiger partial charge in [0.25, 0.3) is 5.91 Å². The van der Waals surface area contributed by atoms with Gasteiger partial charge in [-0.2, -0.15) is 5.26 Å². The number of nitrogens with zero attached hydrogens (tertiary/aromatic N) is 4. The maximum Gasteiger partial charge on any atom is 0.269 e. The van der Waals surface area contributed by atoms with Crippen LogP contribution in [0.4, 0.5) is 22.7 Å². The van der Waals surface area contributed by atoms with Crippen molar-refractivity contribution in [1.29, 1.82) is 5.26 Å². The Morgan fingerprint density at radius 3 is 2.62 bits per heavy atom. The van der Waals surface area contributed by atoms with Gasteiger partial charge in [0.2, 0.25) is 0 Å². The average Bonchev–Trinajstić information content (AvgIpc) is 3.45. The summed E-state index contributed by atoms with van der Waals surface area (Å²) in [5.74, 6) is -0.0883. The number of anilines is 3. The maximum absolute atomic E-state index is 14.0. The minimum absolute atomic E-state index is 0.0883. The number of aliphatic imine (C=N–C) groups is 1. The van der Waals surface area contributed by atoms with Crippen LogP contribution in [-0.4, -0.2) is 49.8 Å². The van der Waals surface area contributed by atoms with Crippen LogP contribution in [0, 0.1) is 11.3 Å². The van der Waals surface area contributed by atoms with Crippen molar-refractivity contribution < 1.29 is 9.53 Å². The highest BCUT2D eigenvalue weighted by atomic mass is 32.2. The van der Waals surface area contributed by atoms with Crippen molar-refractivity contribution >= 4 is 57.3 Å². The molecule has 2 heterocycles. The van der Waals surface area contributed by atoms with Crippen LogP contribution in [0.2, 0.25) is 0 Å². The summed E-state index contributed by atoms with van der Waals surface area (Å²) in [5, 5.41) is 17.6. The molecule has 0 bridgehead atoms. The minimum Gasteiger partial charge on any atom is -0.384 e. The van der Waals surface area contributed by atoms with E-state index in [9.17, 15) is 10.1 Å². The Morgan fingerprint density at radius 2 is 1.88 bits per heavy atom. The number of hydrogen-bond donors (Lipinski definition) is 2. The standard InChI is InChI=1S/C30H30N6O2S2/c1-4-32-23-12-10-21(18-31)16-24(23)34-30-36(19-20-8-6-5-7-9-20)28(37)27(40-30)29-35(2)25-13-11-22(17-26(25)39-29)33-14-15-38-3/h5-13,16-17,32-33H,4,14-15,19H2,1-3H3. The zero-order chi connectivity index (χ0) is 28.1. The van der Waals surface area contributed by atoms with Crippen LogP contribution >= 0.6 is 23.5 Å². The van der Waals surface area contributed by atoms with E-state index in [4.69, 9.17) is 9.73 Å². The van der Waals surface area contributed by atoms with Crippen LogP contribution in [0.1, 0.15) is 18.1 Å². The van der Waals surface area contributed by atoms with Gasteiger partial charge in [-0.3, -0.25) is 9.69 Å². The minimum atomic E-state index is -0.0883. The quantitative estimate of drug-likeness (QED) is 0.231. The number of amides is 1. The fourth-order valence-electron chi connectivity index (χ4n) is 4.42. The van der Waals surface area contributed by atoms with Gasteiger partial charge in [0, 0.05) is 37.8 Å². The molecule has 0 spiro atoms. The van der Waals surface area contributed by atoms with Gasteiger partial charge in [0.05, 0.1) is 46.9 Å². The Labute approximate surface area is 243 Å². The number of amidine groups is 1. The van der Waals surface area contributed by atoms with E-state index in [-0.39, 0.29) is 5.91 Å². The van der Waals surface area contributed by atoms with Gasteiger partial charge in [-0.1, -0.05) is 42.1 Å². The van der Waals surface area contributed by atoms with Crippen molar-refractivity contribution in [3.63, 3.8) is 0 Å². The van der Waals surface area contributed by atoms with E-state index in [1.54, 1.807) is 35.9 Å². The molecule has 2 aliphatic heterocycles. The molecule has 0 atom stereocenters. The summed E-state index contributed by atoms with van der Waals surface area (Å²) in [6, 6.07) is 23.7. The molecule has 10 heteroatoms. The largest absolute Gasteiger partial charge is 0.384 e. The number of benzene rings is 3. The summed E-state index contributed by atoms with van der Waals surface area (Å²) in [5.41, 5.74) is 5.03. The number of rotatable bonds is 9. The molecule has 1 fully saturated rings. The Kier molecular flexibility index (Phi) is 8.65.